The number of esters is 3. The quantitative estimate of drug-likeness (QED) is 0.237. The molecule has 0 heterocycles. The molecule has 9 heteroatoms. The van der Waals surface area contributed by atoms with Crippen LogP contribution in [0.4, 0.5) is 0 Å². The summed E-state index contributed by atoms with van der Waals surface area (Å²) in [5, 5.41) is 19.8. The van der Waals surface area contributed by atoms with Gasteiger partial charge in [-0.05, 0) is 119 Å². The number of carboxylic acid groups (broad SMARTS) is 1. The molecule has 10 atom stereocenters. The summed E-state index contributed by atoms with van der Waals surface area (Å²) < 4.78 is 16.5. The van der Waals surface area contributed by atoms with Crippen LogP contribution in [0.2, 0.25) is 0 Å². The van der Waals surface area contributed by atoms with E-state index in [-0.39, 0.29) is 54.1 Å². The number of hydrogen-bond acceptors (Lipinski definition) is 8. The van der Waals surface area contributed by atoms with Gasteiger partial charge in [0.1, 0.15) is 11.7 Å². The lowest BCUT2D eigenvalue weighted by Gasteiger charge is -2.62. The Morgan fingerprint density at radius 2 is 1.58 bits per heavy atom. The number of rotatable bonds is 10. The van der Waals surface area contributed by atoms with Crippen molar-refractivity contribution in [3.05, 3.63) is 0 Å². The largest absolute Gasteiger partial charge is 0.481 e. The van der Waals surface area contributed by atoms with E-state index in [0.29, 0.717) is 30.1 Å². The highest BCUT2D eigenvalue weighted by atomic mass is 16.6. The van der Waals surface area contributed by atoms with Crippen molar-refractivity contribution in [2.24, 2.45) is 46.3 Å². The molecule has 10 unspecified atom stereocenters. The van der Waals surface area contributed by atoms with Gasteiger partial charge in [-0.1, -0.05) is 20.8 Å². The molecule has 9 nitrogen and oxygen atoms in total. The maximum absolute atomic E-state index is 13.3. The predicted molar refractivity (Wildman–Crippen MR) is 159 cm³/mol. The Labute approximate surface area is 256 Å². The van der Waals surface area contributed by atoms with Crippen LogP contribution < -0.4 is 0 Å². The summed E-state index contributed by atoms with van der Waals surface area (Å²) in [7, 11) is 0. The third kappa shape index (κ3) is 7.39. The first-order valence-corrected chi connectivity index (χ1v) is 16.5. The highest BCUT2D eigenvalue weighted by Crippen LogP contribution is 2.69. The predicted octanol–water partition coefficient (Wildman–Crippen LogP) is 5.69. The molecule has 0 aromatic rings. The molecule has 244 valence electrons. The minimum absolute atomic E-state index is 0.0899. The zero-order valence-electron chi connectivity index (χ0n) is 27.1. The molecule has 0 saturated heterocycles. The fourth-order valence-electron chi connectivity index (χ4n) is 9.87. The van der Waals surface area contributed by atoms with Gasteiger partial charge in [0, 0.05) is 11.8 Å². The lowest BCUT2D eigenvalue weighted by Crippen LogP contribution is -2.59. The Bertz CT molecular complexity index is 1050. The van der Waals surface area contributed by atoms with Gasteiger partial charge >= 0.3 is 23.9 Å². The van der Waals surface area contributed by atoms with Crippen LogP contribution >= 0.6 is 0 Å². The third-order valence-electron chi connectivity index (χ3n) is 11.9. The fourth-order valence-corrected chi connectivity index (χ4v) is 9.87. The molecule has 4 saturated carbocycles. The molecule has 0 bridgehead atoms. The molecule has 0 amide bonds. The molecule has 4 aliphatic carbocycles. The van der Waals surface area contributed by atoms with Crippen molar-refractivity contribution in [3.63, 3.8) is 0 Å². The van der Waals surface area contributed by atoms with Crippen molar-refractivity contribution >= 4 is 23.9 Å². The van der Waals surface area contributed by atoms with Gasteiger partial charge in [0.25, 0.3) is 0 Å². The number of ether oxygens (including phenoxy) is 3. The van der Waals surface area contributed by atoms with Gasteiger partial charge in [-0.25, -0.2) is 4.79 Å². The van der Waals surface area contributed by atoms with Crippen LogP contribution in [-0.4, -0.2) is 58.5 Å². The van der Waals surface area contributed by atoms with E-state index < -0.39 is 36.1 Å². The van der Waals surface area contributed by atoms with E-state index in [2.05, 4.69) is 20.8 Å². The highest BCUT2D eigenvalue weighted by Gasteiger charge is 2.65. The Morgan fingerprint density at radius 1 is 0.884 bits per heavy atom. The second kappa shape index (κ2) is 13.1. The zero-order valence-corrected chi connectivity index (χ0v) is 27.1. The number of aliphatic carboxylic acids is 1. The maximum atomic E-state index is 13.3. The smallest absolute Gasteiger partial charge is 0.344 e. The Morgan fingerprint density at radius 3 is 2.26 bits per heavy atom. The number of carboxylic acids is 1. The molecule has 0 aliphatic heterocycles. The van der Waals surface area contributed by atoms with Gasteiger partial charge in [-0.3, -0.25) is 14.4 Å². The van der Waals surface area contributed by atoms with Crippen LogP contribution in [0, 0.1) is 46.3 Å². The SMILES string of the molecule is CC(CCC(=O)O)C1CCC2C3CCC4CC(O)CCC4(C)C3CC(OC(=O)CCC(=O)OCC(=O)OC(C)(C)C)C12C. The van der Waals surface area contributed by atoms with Gasteiger partial charge in [0.15, 0.2) is 6.61 Å². The van der Waals surface area contributed by atoms with Gasteiger partial charge in [0.2, 0.25) is 0 Å². The summed E-state index contributed by atoms with van der Waals surface area (Å²) in [6, 6.07) is 0. The second-order valence-electron chi connectivity index (χ2n) is 15.5. The highest BCUT2D eigenvalue weighted by molar-refractivity contribution is 5.80. The van der Waals surface area contributed by atoms with Crippen LogP contribution in [0.25, 0.3) is 0 Å². The van der Waals surface area contributed by atoms with Crippen LogP contribution in [0.3, 0.4) is 0 Å². The number of fused-ring (bicyclic) bond motifs is 5. The van der Waals surface area contributed by atoms with Crippen LogP contribution in [0.5, 0.6) is 0 Å². The van der Waals surface area contributed by atoms with Crippen molar-refractivity contribution in [2.75, 3.05) is 6.61 Å². The summed E-state index contributed by atoms with van der Waals surface area (Å²) in [6.45, 7) is 11.5. The molecule has 0 radical (unpaired) electrons. The molecule has 0 spiro atoms. The number of aliphatic hydroxyl groups is 1. The van der Waals surface area contributed by atoms with Crippen LogP contribution in [-0.2, 0) is 33.4 Å². The second-order valence-corrected chi connectivity index (χ2v) is 15.5. The van der Waals surface area contributed by atoms with Crippen molar-refractivity contribution in [1.29, 1.82) is 0 Å². The first-order chi connectivity index (χ1) is 20.0. The molecule has 4 rings (SSSR count). The normalized spacial score (nSPS) is 37.7. The molecular formula is C34H54O9. The average Bonchev–Trinajstić information content (AvgIpc) is 3.27. The lowest BCUT2D eigenvalue weighted by molar-refractivity contribution is -0.198. The van der Waals surface area contributed by atoms with E-state index in [0.717, 1.165) is 51.4 Å². The first kappa shape index (κ1) is 33.7. The van der Waals surface area contributed by atoms with E-state index in [4.69, 9.17) is 14.2 Å². The monoisotopic (exact) mass is 606 g/mol. The average molecular weight is 607 g/mol. The molecule has 2 N–H and O–H groups in total. The summed E-state index contributed by atoms with van der Waals surface area (Å²) in [6.07, 6.45) is 7.52. The minimum Gasteiger partial charge on any atom is -0.481 e. The zero-order chi connectivity index (χ0) is 31.7. The molecule has 4 aliphatic rings. The van der Waals surface area contributed by atoms with Crippen molar-refractivity contribution in [1.82, 2.24) is 0 Å². The summed E-state index contributed by atoms with van der Waals surface area (Å²) >= 11 is 0. The van der Waals surface area contributed by atoms with Crippen molar-refractivity contribution in [2.45, 2.75) is 136 Å². The van der Waals surface area contributed by atoms with Gasteiger partial charge in [-0.2, -0.15) is 0 Å². The number of carbonyl (C=O) groups excluding carboxylic acids is 3. The van der Waals surface area contributed by atoms with Crippen LogP contribution in [0.15, 0.2) is 0 Å². The van der Waals surface area contributed by atoms with Crippen LogP contribution in [0.1, 0.15) is 119 Å². The fraction of sp³-hybridized carbons (Fsp3) is 0.882. The number of aliphatic hydroxyl groups excluding tert-OH is 1. The van der Waals surface area contributed by atoms with Gasteiger partial charge < -0.3 is 24.4 Å². The standard InChI is InChI=1S/C34H54O9/c1-20(7-12-28(36)37)24-10-11-25-23-9-8-21-17-22(35)15-16-33(21,5)26(23)18-27(34(24,25)6)42-30(39)14-13-29(38)41-19-31(40)43-32(2,3)4/h20-27,35H,7-19H2,1-6H3,(H,36,37). The topological polar surface area (TPSA) is 136 Å². The third-order valence-corrected chi connectivity index (χ3v) is 11.9. The molecule has 0 aromatic heterocycles. The summed E-state index contributed by atoms with van der Waals surface area (Å²) in [4.78, 5) is 48.9. The summed E-state index contributed by atoms with van der Waals surface area (Å²) in [5.41, 5.74) is -0.869. The van der Waals surface area contributed by atoms with Crippen molar-refractivity contribution < 1.29 is 43.6 Å². The molecule has 43 heavy (non-hydrogen) atoms. The summed E-state index contributed by atoms with van der Waals surface area (Å²) in [5.74, 6) is -0.345. The van der Waals surface area contributed by atoms with E-state index in [9.17, 15) is 29.4 Å². The van der Waals surface area contributed by atoms with E-state index >= 15 is 0 Å². The van der Waals surface area contributed by atoms with E-state index in [1.807, 2.05) is 0 Å². The Kier molecular flexibility index (Phi) is 10.2. The maximum Gasteiger partial charge on any atom is 0.344 e. The minimum atomic E-state index is -0.789. The Hall–Kier alpha value is -2.16. The Balaban J connectivity index is 1.48. The molecule has 4 fully saturated rings. The first-order valence-electron chi connectivity index (χ1n) is 16.5. The number of carbonyl (C=O) groups is 4. The van der Waals surface area contributed by atoms with Gasteiger partial charge in [-0.15, -0.1) is 0 Å². The molecular weight excluding hydrogens is 552 g/mol. The van der Waals surface area contributed by atoms with E-state index in [1.54, 1.807) is 20.8 Å². The van der Waals surface area contributed by atoms with Gasteiger partial charge in [0.05, 0.1) is 18.9 Å². The lowest BCUT2D eigenvalue weighted by atomic mass is 9.43. The van der Waals surface area contributed by atoms with Crippen molar-refractivity contribution in [3.8, 4) is 0 Å². The van der Waals surface area contributed by atoms with E-state index in [1.165, 1.54) is 0 Å². The number of hydrogen-bond donors (Lipinski definition) is 2. The molecule has 0 aromatic carbocycles.